The summed E-state index contributed by atoms with van der Waals surface area (Å²) in [6, 6.07) is 4.51. The third-order valence-corrected chi connectivity index (χ3v) is 1.67. The number of nitrogen functional groups attached to an aromatic ring is 1. The second kappa shape index (κ2) is 4.58. The lowest BCUT2D eigenvalue weighted by molar-refractivity contribution is 0.0697. The van der Waals surface area contributed by atoms with Gasteiger partial charge in [0.15, 0.2) is 0 Å². The van der Waals surface area contributed by atoms with Crippen LogP contribution in [0.3, 0.4) is 0 Å². The number of anilines is 1. The maximum Gasteiger partial charge on any atom is 0.335 e. The van der Waals surface area contributed by atoms with Crippen LogP contribution in [0.15, 0.2) is 18.2 Å². The van der Waals surface area contributed by atoms with Gasteiger partial charge in [-0.05, 0) is 18.2 Å². The number of carbonyl (C=O) groups is 1. The van der Waals surface area contributed by atoms with Crippen molar-refractivity contribution in [3.63, 3.8) is 0 Å². The number of thiol groups is 1. The Labute approximate surface area is 87.3 Å². The number of carboxylic acids is 1. The van der Waals surface area contributed by atoms with Crippen molar-refractivity contribution in [3.8, 4) is 11.8 Å². The number of rotatable bonds is 1. The van der Waals surface area contributed by atoms with E-state index in [4.69, 9.17) is 10.8 Å². The number of aromatic carboxylic acids is 1. The maximum absolute atomic E-state index is 10.7. The van der Waals surface area contributed by atoms with Crippen molar-refractivity contribution >= 4 is 24.3 Å². The normalized spacial score (nSPS) is 8.93. The predicted octanol–water partition coefficient (Wildman–Crippen LogP) is 1.25. The lowest BCUT2D eigenvalue weighted by Gasteiger charge is -1.98. The van der Waals surface area contributed by atoms with E-state index in [0.717, 1.165) is 0 Å². The summed E-state index contributed by atoms with van der Waals surface area (Å²) in [6.45, 7) is 0. The molecule has 0 bridgehead atoms. The van der Waals surface area contributed by atoms with Gasteiger partial charge < -0.3 is 10.8 Å². The molecule has 14 heavy (non-hydrogen) atoms. The molecule has 3 nitrogen and oxygen atoms in total. The smallest absolute Gasteiger partial charge is 0.335 e. The minimum absolute atomic E-state index is 0.147. The summed E-state index contributed by atoms with van der Waals surface area (Å²) < 4.78 is 0. The van der Waals surface area contributed by atoms with E-state index >= 15 is 0 Å². The van der Waals surface area contributed by atoms with Crippen molar-refractivity contribution in [1.82, 2.24) is 0 Å². The molecule has 0 atom stereocenters. The third kappa shape index (κ3) is 2.71. The molecule has 0 unspecified atom stereocenters. The molecule has 1 rings (SSSR count). The quantitative estimate of drug-likeness (QED) is 0.369. The summed E-state index contributed by atoms with van der Waals surface area (Å²) in [5.74, 6) is 4.90. The highest BCUT2D eigenvalue weighted by Gasteiger charge is 2.03. The minimum Gasteiger partial charge on any atom is -0.478 e. The molecule has 1 aromatic rings. The number of benzene rings is 1. The molecule has 1 aromatic carbocycles. The average molecular weight is 207 g/mol. The van der Waals surface area contributed by atoms with Crippen LogP contribution in [0.25, 0.3) is 0 Å². The lowest BCUT2D eigenvalue weighted by Crippen LogP contribution is -1.98. The second-order valence-corrected chi connectivity index (χ2v) is 2.92. The van der Waals surface area contributed by atoms with Crippen molar-refractivity contribution in [2.45, 2.75) is 0 Å². The van der Waals surface area contributed by atoms with Gasteiger partial charge in [-0.2, -0.15) is 12.6 Å². The molecule has 0 aromatic heterocycles. The topological polar surface area (TPSA) is 63.3 Å². The molecular formula is C10H9NO2S. The highest BCUT2D eigenvalue weighted by Crippen LogP contribution is 2.11. The first-order chi connectivity index (χ1) is 6.63. The van der Waals surface area contributed by atoms with Crippen molar-refractivity contribution in [1.29, 1.82) is 0 Å². The Morgan fingerprint density at radius 1 is 1.50 bits per heavy atom. The van der Waals surface area contributed by atoms with Gasteiger partial charge in [-0.25, -0.2) is 4.79 Å². The van der Waals surface area contributed by atoms with Gasteiger partial charge in [0.05, 0.1) is 11.3 Å². The molecule has 0 aliphatic carbocycles. The molecule has 0 radical (unpaired) electrons. The first kappa shape index (κ1) is 10.5. The second-order valence-electron chi connectivity index (χ2n) is 2.61. The van der Waals surface area contributed by atoms with Crippen LogP contribution in [0.4, 0.5) is 5.69 Å². The zero-order chi connectivity index (χ0) is 10.6. The van der Waals surface area contributed by atoms with Crippen molar-refractivity contribution in [2.24, 2.45) is 0 Å². The standard InChI is InChI=1S/C10H9NO2S/c11-9-5-7(2-1-3-14)4-8(6-9)10(12)13/h4-6,14H,3,11H2,(H,12,13). The largest absolute Gasteiger partial charge is 0.478 e. The van der Waals surface area contributed by atoms with E-state index in [2.05, 4.69) is 24.5 Å². The molecular weight excluding hydrogens is 198 g/mol. The van der Waals surface area contributed by atoms with Gasteiger partial charge in [-0.15, -0.1) is 0 Å². The fraction of sp³-hybridized carbons (Fsp3) is 0.100. The summed E-state index contributed by atoms with van der Waals surface area (Å²) in [7, 11) is 0. The molecule has 0 heterocycles. The van der Waals surface area contributed by atoms with Gasteiger partial charge >= 0.3 is 5.97 Å². The molecule has 0 saturated carbocycles. The summed E-state index contributed by atoms with van der Waals surface area (Å²) in [6.07, 6.45) is 0. The number of hydrogen-bond donors (Lipinski definition) is 3. The fourth-order valence-corrected chi connectivity index (χ4v) is 1.07. The molecule has 0 fully saturated rings. The lowest BCUT2D eigenvalue weighted by atomic mass is 10.1. The molecule has 0 amide bonds. The van der Waals surface area contributed by atoms with Crippen LogP contribution < -0.4 is 5.73 Å². The molecule has 0 aliphatic heterocycles. The Morgan fingerprint density at radius 2 is 2.21 bits per heavy atom. The van der Waals surface area contributed by atoms with Crippen LogP contribution in [0.2, 0.25) is 0 Å². The number of carboxylic acid groups (broad SMARTS) is 1. The Balaban J connectivity index is 3.13. The first-order valence-electron chi connectivity index (χ1n) is 3.87. The Kier molecular flexibility index (Phi) is 3.43. The Morgan fingerprint density at radius 3 is 2.79 bits per heavy atom. The van der Waals surface area contributed by atoms with Crippen molar-refractivity contribution < 1.29 is 9.90 Å². The van der Waals surface area contributed by atoms with Crippen LogP contribution >= 0.6 is 12.6 Å². The molecule has 4 heteroatoms. The van der Waals surface area contributed by atoms with Crippen LogP contribution in [-0.2, 0) is 0 Å². The van der Waals surface area contributed by atoms with Crippen LogP contribution in [0.5, 0.6) is 0 Å². The molecule has 0 aliphatic rings. The van der Waals surface area contributed by atoms with Crippen molar-refractivity contribution in [3.05, 3.63) is 29.3 Å². The molecule has 3 N–H and O–H groups in total. The summed E-state index contributed by atoms with van der Waals surface area (Å²) in [4.78, 5) is 10.7. The van der Waals surface area contributed by atoms with E-state index in [9.17, 15) is 4.79 Å². The van der Waals surface area contributed by atoms with Crippen LogP contribution in [-0.4, -0.2) is 16.8 Å². The van der Waals surface area contributed by atoms with E-state index in [-0.39, 0.29) is 5.56 Å². The zero-order valence-electron chi connectivity index (χ0n) is 7.32. The zero-order valence-corrected chi connectivity index (χ0v) is 8.21. The van der Waals surface area contributed by atoms with Crippen LogP contribution in [0.1, 0.15) is 15.9 Å². The Bertz CT molecular complexity index is 418. The van der Waals surface area contributed by atoms with E-state index in [0.29, 0.717) is 17.0 Å². The van der Waals surface area contributed by atoms with Gasteiger partial charge in [-0.1, -0.05) is 11.8 Å². The maximum atomic E-state index is 10.7. The minimum atomic E-state index is -1.01. The SMILES string of the molecule is Nc1cc(C#CCS)cc(C(=O)O)c1. The highest BCUT2D eigenvalue weighted by molar-refractivity contribution is 7.80. The summed E-state index contributed by atoms with van der Waals surface area (Å²) in [5, 5.41) is 8.74. The van der Waals surface area contributed by atoms with Gasteiger partial charge in [0.25, 0.3) is 0 Å². The number of hydrogen-bond acceptors (Lipinski definition) is 3. The van der Waals surface area contributed by atoms with E-state index in [1.807, 2.05) is 0 Å². The predicted molar refractivity (Wildman–Crippen MR) is 58.5 cm³/mol. The summed E-state index contributed by atoms with van der Waals surface area (Å²) in [5.41, 5.74) is 6.66. The summed E-state index contributed by atoms with van der Waals surface area (Å²) >= 11 is 3.92. The monoisotopic (exact) mass is 207 g/mol. The van der Waals surface area contributed by atoms with Gasteiger partial charge in [0, 0.05) is 11.3 Å². The van der Waals surface area contributed by atoms with E-state index in [1.54, 1.807) is 6.07 Å². The fourth-order valence-electron chi connectivity index (χ4n) is 0.989. The van der Waals surface area contributed by atoms with Crippen molar-refractivity contribution in [2.75, 3.05) is 11.5 Å². The van der Waals surface area contributed by atoms with Gasteiger partial charge in [-0.3, -0.25) is 0 Å². The Hall–Kier alpha value is -1.60. The van der Waals surface area contributed by atoms with Gasteiger partial charge in [0.1, 0.15) is 0 Å². The highest BCUT2D eigenvalue weighted by atomic mass is 32.1. The third-order valence-electron chi connectivity index (χ3n) is 1.51. The first-order valence-corrected chi connectivity index (χ1v) is 4.50. The van der Waals surface area contributed by atoms with Crippen LogP contribution in [0, 0.1) is 11.8 Å². The number of nitrogens with two attached hydrogens (primary N) is 1. The van der Waals surface area contributed by atoms with E-state index < -0.39 is 5.97 Å². The molecule has 0 saturated heterocycles. The van der Waals surface area contributed by atoms with E-state index in [1.165, 1.54) is 12.1 Å². The van der Waals surface area contributed by atoms with Gasteiger partial charge in [0.2, 0.25) is 0 Å². The average Bonchev–Trinajstić information content (AvgIpc) is 2.14. The molecule has 72 valence electrons. The molecule has 0 spiro atoms.